The average Bonchev–Trinajstić information content (AvgIpc) is 3.29. The van der Waals surface area contributed by atoms with E-state index in [2.05, 4.69) is 50.3 Å². The Kier molecular flexibility index (Phi) is 6.87. The lowest BCUT2D eigenvalue weighted by molar-refractivity contribution is -0.121. The van der Waals surface area contributed by atoms with Gasteiger partial charge in [0.05, 0.1) is 0 Å². The zero-order valence-electron chi connectivity index (χ0n) is 20.1. The molecule has 1 N–H and O–H groups in total. The smallest absolute Gasteiger partial charge is 0.411 e. The van der Waals surface area contributed by atoms with Crippen LogP contribution < -0.4 is 5.32 Å². The van der Waals surface area contributed by atoms with Gasteiger partial charge in [-0.25, -0.2) is 9.78 Å². The number of hydrogen-bond acceptors (Lipinski definition) is 5. The van der Waals surface area contributed by atoms with Gasteiger partial charge in [0, 0.05) is 18.0 Å². The first-order chi connectivity index (χ1) is 15.6. The normalized spacial score (nSPS) is 29.6. The Morgan fingerprint density at radius 3 is 2.79 bits per heavy atom. The fraction of sp³-hybridized carbons (Fsp3) is 0.640. The van der Waals surface area contributed by atoms with Gasteiger partial charge in [-0.2, -0.15) is 0 Å². The highest BCUT2D eigenvalue weighted by Crippen LogP contribution is 2.60. The molecule has 8 heteroatoms. The molecule has 180 valence electrons. The number of nitrogens with zero attached hydrogens (tertiary/aromatic N) is 3. The number of allylic oxidation sites excluding steroid dienone is 2. The van der Waals surface area contributed by atoms with Crippen LogP contribution in [-0.4, -0.2) is 64.6 Å². The molecule has 2 fully saturated rings. The number of aromatic nitrogens is 1. The molecule has 3 heterocycles. The second-order valence-corrected chi connectivity index (χ2v) is 11.5. The third-order valence-electron chi connectivity index (χ3n) is 6.76. The van der Waals surface area contributed by atoms with E-state index in [0.29, 0.717) is 23.3 Å². The summed E-state index contributed by atoms with van der Waals surface area (Å²) in [4.78, 5) is 35.3. The van der Waals surface area contributed by atoms with Gasteiger partial charge in [0.15, 0.2) is 0 Å². The maximum absolute atomic E-state index is 13.5. The van der Waals surface area contributed by atoms with Crippen LogP contribution in [0.3, 0.4) is 0 Å². The van der Waals surface area contributed by atoms with Crippen molar-refractivity contribution < 1.29 is 14.3 Å². The van der Waals surface area contributed by atoms with Crippen molar-refractivity contribution in [2.45, 2.75) is 77.0 Å². The van der Waals surface area contributed by atoms with Crippen LogP contribution in [0.1, 0.15) is 58.4 Å². The number of piperidine rings is 1. The van der Waals surface area contributed by atoms with Crippen molar-refractivity contribution >= 4 is 33.7 Å². The van der Waals surface area contributed by atoms with E-state index in [1.165, 1.54) is 0 Å². The Balaban J connectivity index is 1.64. The SMILES string of the molecule is CN1CCCC/C=C/Cc2ccc(Br)nc2NC(=O)[C@@H]2C[C@]3(C[C@H]3N2C(=O)OC(C)(C)C)C1. The maximum atomic E-state index is 13.5. The summed E-state index contributed by atoms with van der Waals surface area (Å²) in [5.74, 6) is 0.347. The van der Waals surface area contributed by atoms with Crippen LogP contribution >= 0.6 is 15.9 Å². The molecule has 0 aromatic carbocycles. The monoisotopic (exact) mass is 518 g/mol. The molecule has 3 atom stereocenters. The number of rotatable bonds is 0. The summed E-state index contributed by atoms with van der Waals surface area (Å²) >= 11 is 3.42. The fourth-order valence-corrected chi connectivity index (χ4v) is 5.50. The lowest BCUT2D eigenvalue weighted by Gasteiger charge is -2.30. The third-order valence-corrected chi connectivity index (χ3v) is 7.20. The van der Waals surface area contributed by atoms with Gasteiger partial charge in [-0.15, -0.1) is 0 Å². The Hall–Kier alpha value is -1.93. The van der Waals surface area contributed by atoms with Crippen LogP contribution in [0, 0.1) is 5.41 Å². The molecule has 7 nitrogen and oxygen atoms in total. The summed E-state index contributed by atoms with van der Waals surface area (Å²) in [5, 5.41) is 3.03. The summed E-state index contributed by atoms with van der Waals surface area (Å²) in [6.07, 6.45) is 9.53. The van der Waals surface area contributed by atoms with E-state index in [4.69, 9.17) is 4.74 Å². The van der Waals surface area contributed by atoms with E-state index < -0.39 is 17.7 Å². The molecule has 2 bridgehead atoms. The summed E-state index contributed by atoms with van der Waals surface area (Å²) in [6, 6.07) is 3.34. The maximum Gasteiger partial charge on any atom is 0.411 e. The molecule has 0 radical (unpaired) electrons. The van der Waals surface area contributed by atoms with Crippen molar-refractivity contribution in [2.24, 2.45) is 5.41 Å². The van der Waals surface area contributed by atoms with Crippen molar-refractivity contribution in [3.63, 3.8) is 0 Å². The van der Waals surface area contributed by atoms with Crippen LogP contribution in [0.4, 0.5) is 10.6 Å². The topological polar surface area (TPSA) is 74.8 Å². The van der Waals surface area contributed by atoms with Crippen LogP contribution in [0.5, 0.6) is 0 Å². The summed E-state index contributed by atoms with van der Waals surface area (Å²) in [7, 11) is 2.14. The molecule has 1 spiro atoms. The van der Waals surface area contributed by atoms with E-state index in [1.807, 2.05) is 32.9 Å². The third kappa shape index (κ3) is 5.60. The number of pyridine rings is 1. The molecule has 2 aliphatic heterocycles. The van der Waals surface area contributed by atoms with Gasteiger partial charge in [-0.05, 0) is 100 Å². The van der Waals surface area contributed by atoms with E-state index >= 15 is 0 Å². The van der Waals surface area contributed by atoms with Crippen LogP contribution in [-0.2, 0) is 16.0 Å². The second-order valence-electron chi connectivity index (χ2n) is 10.7. The molecular formula is C25H35BrN4O3. The van der Waals surface area contributed by atoms with Gasteiger partial charge in [-0.3, -0.25) is 9.69 Å². The van der Waals surface area contributed by atoms with Crippen molar-refractivity contribution in [3.8, 4) is 0 Å². The molecule has 1 aliphatic carbocycles. The van der Waals surface area contributed by atoms with Gasteiger partial charge in [0.2, 0.25) is 5.91 Å². The zero-order valence-corrected chi connectivity index (χ0v) is 21.7. The van der Waals surface area contributed by atoms with E-state index in [0.717, 1.165) is 44.3 Å². The van der Waals surface area contributed by atoms with Gasteiger partial charge in [-0.1, -0.05) is 18.2 Å². The fourth-order valence-electron chi connectivity index (χ4n) is 5.19. The molecule has 3 aliphatic rings. The van der Waals surface area contributed by atoms with Gasteiger partial charge in [0.25, 0.3) is 0 Å². The first-order valence-corrected chi connectivity index (χ1v) is 12.7. The van der Waals surface area contributed by atoms with Crippen molar-refractivity contribution in [3.05, 3.63) is 34.5 Å². The Bertz CT molecular complexity index is 944. The van der Waals surface area contributed by atoms with Crippen molar-refractivity contribution in [1.82, 2.24) is 14.8 Å². The minimum absolute atomic E-state index is 0.0397. The summed E-state index contributed by atoms with van der Waals surface area (Å²) in [6.45, 7) is 7.48. The second kappa shape index (κ2) is 9.37. The van der Waals surface area contributed by atoms with E-state index in [-0.39, 0.29) is 17.4 Å². The lowest BCUT2D eigenvalue weighted by atomic mass is 9.98. The van der Waals surface area contributed by atoms with Crippen molar-refractivity contribution in [2.75, 3.05) is 25.5 Å². The average molecular weight is 519 g/mol. The molecule has 1 aromatic heterocycles. The number of nitrogens with one attached hydrogen (secondary N) is 1. The molecule has 1 saturated carbocycles. The zero-order chi connectivity index (χ0) is 23.8. The highest BCUT2D eigenvalue weighted by Gasteiger charge is 2.68. The number of halogens is 1. The van der Waals surface area contributed by atoms with Crippen LogP contribution in [0.2, 0.25) is 0 Å². The van der Waals surface area contributed by atoms with E-state index in [9.17, 15) is 9.59 Å². The minimum atomic E-state index is -0.615. The number of hydrogen-bond donors (Lipinski definition) is 1. The number of fused-ring (bicyclic) bond motifs is 2. The highest BCUT2D eigenvalue weighted by molar-refractivity contribution is 9.10. The molecule has 33 heavy (non-hydrogen) atoms. The highest BCUT2D eigenvalue weighted by atomic mass is 79.9. The predicted molar refractivity (Wildman–Crippen MR) is 132 cm³/mol. The molecule has 1 saturated heterocycles. The number of likely N-dealkylation sites (tertiary alicyclic amines) is 1. The van der Waals surface area contributed by atoms with E-state index in [1.54, 1.807) is 4.90 Å². The quantitative estimate of drug-likeness (QED) is 0.395. The van der Waals surface area contributed by atoms with Crippen molar-refractivity contribution in [1.29, 1.82) is 0 Å². The van der Waals surface area contributed by atoms with Crippen LogP contribution in [0.15, 0.2) is 28.9 Å². The summed E-state index contributed by atoms with van der Waals surface area (Å²) in [5.41, 5.74) is 0.296. The number of ether oxygens (including phenoxy) is 1. The summed E-state index contributed by atoms with van der Waals surface area (Å²) < 4.78 is 6.38. The first kappa shape index (κ1) is 24.2. The predicted octanol–water partition coefficient (Wildman–Crippen LogP) is 4.77. The Morgan fingerprint density at radius 1 is 1.24 bits per heavy atom. The standard InChI is InChI=1S/C25H35BrN4O3/c1-24(2,3)33-23(32)30-18-14-25(15-19(25)30)16-29(4)13-9-7-5-6-8-10-17-11-12-20(26)27-21(17)28-22(18)31/h6,8,11-12,18-19H,5,7,9-10,13-16H2,1-4H3,(H,27,28,31)/b8-6+/t18-,19+,25-/m0/s1. The minimum Gasteiger partial charge on any atom is -0.444 e. The molecular weight excluding hydrogens is 484 g/mol. The first-order valence-electron chi connectivity index (χ1n) is 11.9. The van der Waals surface area contributed by atoms with Gasteiger partial charge >= 0.3 is 6.09 Å². The molecule has 2 amide bonds. The lowest BCUT2D eigenvalue weighted by Crippen LogP contribution is -2.47. The molecule has 0 unspecified atom stereocenters. The number of amides is 2. The van der Waals surface area contributed by atoms with Gasteiger partial charge in [0.1, 0.15) is 22.1 Å². The number of carbonyl (C=O) groups is 2. The van der Waals surface area contributed by atoms with Gasteiger partial charge < -0.3 is 15.0 Å². The Morgan fingerprint density at radius 2 is 2.03 bits per heavy atom. The van der Waals surface area contributed by atoms with Crippen LogP contribution in [0.25, 0.3) is 0 Å². The molecule has 1 aromatic rings. The Labute approximate surface area is 205 Å². The molecule has 4 rings (SSSR count). The number of carbonyl (C=O) groups excluding carboxylic acids is 2. The number of anilines is 1. The largest absolute Gasteiger partial charge is 0.444 e.